The van der Waals surface area contributed by atoms with E-state index in [2.05, 4.69) is 20.6 Å². The normalized spacial score (nSPS) is 17.9. The van der Waals surface area contributed by atoms with Gasteiger partial charge in [-0.25, -0.2) is 14.4 Å². The quantitative estimate of drug-likeness (QED) is 0.312. The summed E-state index contributed by atoms with van der Waals surface area (Å²) in [6, 6.07) is 7.61. The van der Waals surface area contributed by atoms with Gasteiger partial charge in [-0.05, 0) is 43.9 Å². The van der Waals surface area contributed by atoms with Crippen LogP contribution in [0.25, 0.3) is 10.9 Å². The van der Waals surface area contributed by atoms with E-state index < -0.39 is 40.9 Å². The Morgan fingerprint density at radius 1 is 1.05 bits per heavy atom. The molecule has 1 aromatic heterocycles. The van der Waals surface area contributed by atoms with Gasteiger partial charge in [0.15, 0.2) is 0 Å². The molecular formula is C28H29ClF4N4O3. The highest BCUT2D eigenvalue weighted by Gasteiger charge is 2.42. The third kappa shape index (κ3) is 6.63. The van der Waals surface area contributed by atoms with Gasteiger partial charge in [0.05, 0.1) is 27.6 Å². The average Bonchev–Trinajstić information content (AvgIpc) is 2.88. The van der Waals surface area contributed by atoms with Crippen LogP contribution in [-0.4, -0.2) is 34.1 Å². The average molecular weight is 581 g/mol. The maximum Gasteiger partial charge on any atom is 0.391 e. The van der Waals surface area contributed by atoms with Crippen molar-refractivity contribution in [3.8, 4) is 5.88 Å². The molecule has 4 rings (SSSR count). The lowest BCUT2D eigenvalue weighted by molar-refractivity contribution is -0.185. The van der Waals surface area contributed by atoms with Gasteiger partial charge in [0.2, 0.25) is 11.8 Å². The third-order valence-corrected chi connectivity index (χ3v) is 7.13. The summed E-state index contributed by atoms with van der Waals surface area (Å²) in [5.74, 6) is -3.14. The second-order valence-electron chi connectivity index (χ2n) is 10.8. The fourth-order valence-electron chi connectivity index (χ4n) is 4.49. The number of rotatable bonds is 6. The van der Waals surface area contributed by atoms with E-state index in [4.69, 9.17) is 16.3 Å². The molecule has 7 nitrogen and oxygen atoms in total. The number of nitrogens with one attached hydrogen (secondary N) is 2. The lowest BCUT2D eigenvalue weighted by atomic mass is 9.87. The zero-order chi connectivity index (χ0) is 29.2. The van der Waals surface area contributed by atoms with Crippen molar-refractivity contribution in [2.75, 3.05) is 5.32 Å². The molecule has 1 fully saturated rings. The Morgan fingerprint density at radius 3 is 2.40 bits per heavy atom. The number of hydrogen-bond donors (Lipinski definition) is 2. The SMILES string of the molecule is CC(C)(C)C(=O)NCc1ccc(Cl)c(C(=O)Nc2cccc3c(O[C@H]4CC[C@H](C(F)(F)F)CC4)ncnc23)c1F. The minimum absolute atomic E-state index is 0.0240. The molecule has 1 aliphatic rings. The Labute approximate surface area is 233 Å². The Kier molecular flexibility index (Phi) is 8.53. The Morgan fingerprint density at radius 2 is 1.75 bits per heavy atom. The van der Waals surface area contributed by atoms with Gasteiger partial charge in [0.1, 0.15) is 23.8 Å². The molecule has 1 aliphatic carbocycles. The molecule has 40 heavy (non-hydrogen) atoms. The molecule has 1 heterocycles. The largest absolute Gasteiger partial charge is 0.474 e. The van der Waals surface area contributed by atoms with Crippen LogP contribution < -0.4 is 15.4 Å². The van der Waals surface area contributed by atoms with Crippen LogP contribution in [0.2, 0.25) is 5.02 Å². The first-order valence-electron chi connectivity index (χ1n) is 12.8. The molecule has 0 radical (unpaired) electrons. The van der Waals surface area contributed by atoms with Gasteiger partial charge in [-0.2, -0.15) is 13.2 Å². The molecule has 0 spiro atoms. The Balaban J connectivity index is 1.53. The van der Waals surface area contributed by atoms with Crippen LogP contribution in [-0.2, 0) is 11.3 Å². The van der Waals surface area contributed by atoms with E-state index in [1.807, 2.05) is 0 Å². The van der Waals surface area contributed by atoms with E-state index in [0.717, 1.165) is 0 Å². The molecule has 2 amide bonds. The van der Waals surface area contributed by atoms with Crippen molar-refractivity contribution in [2.45, 2.75) is 65.3 Å². The van der Waals surface area contributed by atoms with E-state index in [1.165, 1.54) is 18.5 Å². The smallest absolute Gasteiger partial charge is 0.391 e. The maximum atomic E-state index is 15.4. The minimum atomic E-state index is -4.22. The van der Waals surface area contributed by atoms with Gasteiger partial charge in [-0.1, -0.05) is 44.5 Å². The summed E-state index contributed by atoms with van der Waals surface area (Å²) in [5, 5.41) is 5.60. The first-order chi connectivity index (χ1) is 18.8. The van der Waals surface area contributed by atoms with E-state index in [1.54, 1.807) is 39.0 Å². The minimum Gasteiger partial charge on any atom is -0.474 e. The number of carbonyl (C=O) groups excluding carboxylic acids is 2. The molecule has 0 saturated heterocycles. The van der Waals surface area contributed by atoms with Gasteiger partial charge in [-0.15, -0.1) is 0 Å². The molecule has 3 aromatic rings. The monoisotopic (exact) mass is 580 g/mol. The van der Waals surface area contributed by atoms with Crippen LogP contribution in [0.1, 0.15) is 62.4 Å². The van der Waals surface area contributed by atoms with Gasteiger partial charge in [0.25, 0.3) is 5.91 Å². The predicted molar refractivity (Wildman–Crippen MR) is 143 cm³/mol. The number of nitrogens with zero attached hydrogens (tertiary/aromatic N) is 2. The van der Waals surface area contributed by atoms with E-state index in [-0.39, 0.29) is 60.3 Å². The zero-order valence-electron chi connectivity index (χ0n) is 22.2. The van der Waals surface area contributed by atoms with Crippen molar-refractivity contribution in [1.29, 1.82) is 0 Å². The maximum absolute atomic E-state index is 15.4. The van der Waals surface area contributed by atoms with Gasteiger partial charge >= 0.3 is 6.18 Å². The number of carbonyl (C=O) groups is 2. The van der Waals surface area contributed by atoms with Crippen molar-refractivity contribution in [3.63, 3.8) is 0 Å². The van der Waals surface area contributed by atoms with E-state index >= 15 is 4.39 Å². The predicted octanol–water partition coefficient (Wildman–Crippen LogP) is 6.84. The standard InChI is InChI=1S/C28H29ClF4N4O3/c1-27(2,3)26(39)34-13-15-7-12-19(29)21(22(15)30)24(38)37-20-6-4-5-18-23(20)35-14-36-25(18)40-17-10-8-16(9-11-17)28(31,32)33/h4-7,12,14,16-17H,8-11,13H2,1-3H3,(H,34,39)(H,37,38)/t16-,17-. The molecular weight excluding hydrogens is 552 g/mol. The van der Waals surface area contributed by atoms with E-state index in [9.17, 15) is 22.8 Å². The summed E-state index contributed by atoms with van der Waals surface area (Å²) in [4.78, 5) is 33.8. The second kappa shape index (κ2) is 11.6. The summed E-state index contributed by atoms with van der Waals surface area (Å²) >= 11 is 6.18. The van der Waals surface area contributed by atoms with Crippen molar-refractivity contribution in [2.24, 2.45) is 11.3 Å². The van der Waals surface area contributed by atoms with Crippen molar-refractivity contribution < 1.29 is 31.9 Å². The molecule has 214 valence electrons. The van der Waals surface area contributed by atoms with Gasteiger partial charge in [0, 0.05) is 17.5 Å². The topological polar surface area (TPSA) is 93.2 Å². The van der Waals surface area contributed by atoms with Crippen molar-refractivity contribution in [1.82, 2.24) is 15.3 Å². The number of halogens is 5. The highest BCUT2D eigenvalue weighted by molar-refractivity contribution is 6.34. The highest BCUT2D eigenvalue weighted by atomic mass is 35.5. The molecule has 0 atom stereocenters. The number of aromatic nitrogens is 2. The van der Waals surface area contributed by atoms with Crippen molar-refractivity contribution >= 4 is 40.0 Å². The first-order valence-corrected chi connectivity index (χ1v) is 13.2. The Bertz CT molecular complexity index is 1420. The van der Waals surface area contributed by atoms with Crippen LogP contribution in [0.3, 0.4) is 0 Å². The first kappa shape index (κ1) is 29.5. The lowest BCUT2D eigenvalue weighted by Gasteiger charge is -2.30. The number of anilines is 1. The molecule has 12 heteroatoms. The fourth-order valence-corrected chi connectivity index (χ4v) is 4.72. The number of para-hydroxylation sites is 1. The van der Waals surface area contributed by atoms with Crippen LogP contribution in [0.15, 0.2) is 36.7 Å². The molecule has 0 bridgehead atoms. The van der Waals surface area contributed by atoms with E-state index in [0.29, 0.717) is 10.9 Å². The number of hydrogen-bond acceptors (Lipinski definition) is 5. The van der Waals surface area contributed by atoms with Gasteiger partial charge in [-0.3, -0.25) is 9.59 Å². The molecule has 2 N–H and O–H groups in total. The molecule has 0 aliphatic heterocycles. The number of ether oxygens (including phenoxy) is 1. The summed E-state index contributed by atoms with van der Waals surface area (Å²) in [7, 11) is 0. The fraction of sp³-hybridized carbons (Fsp3) is 0.429. The zero-order valence-corrected chi connectivity index (χ0v) is 22.9. The summed E-state index contributed by atoms with van der Waals surface area (Å²) in [6.45, 7) is 5.04. The summed E-state index contributed by atoms with van der Waals surface area (Å²) < 4.78 is 60.4. The van der Waals surface area contributed by atoms with Crippen LogP contribution >= 0.6 is 11.6 Å². The number of amides is 2. The number of alkyl halides is 3. The summed E-state index contributed by atoms with van der Waals surface area (Å²) in [6.07, 6.45) is -3.02. The third-order valence-electron chi connectivity index (χ3n) is 6.81. The molecule has 0 unspecified atom stereocenters. The number of fused-ring (bicyclic) bond motifs is 1. The Hall–Kier alpha value is -3.47. The van der Waals surface area contributed by atoms with Gasteiger partial charge < -0.3 is 15.4 Å². The highest BCUT2D eigenvalue weighted by Crippen LogP contribution is 2.39. The lowest BCUT2D eigenvalue weighted by Crippen LogP contribution is -2.34. The van der Waals surface area contributed by atoms with Crippen LogP contribution in [0.5, 0.6) is 5.88 Å². The second-order valence-corrected chi connectivity index (χ2v) is 11.2. The van der Waals surface area contributed by atoms with Crippen LogP contribution in [0.4, 0.5) is 23.2 Å². The summed E-state index contributed by atoms with van der Waals surface area (Å²) in [5.41, 5.74) is -0.450. The molecule has 2 aromatic carbocycles. The van der Waals surface area contributed by atoms with Crippen molar-refractivity contribution in [3.05, 3.63) is 58.6 Å². The molecule has 1 saturated carbocycles. The van der Waals surface area contributed by atoms with Crippen LogP contribution in [0, 0.1) is 17.2 Å². The number of benzene rings is 2.